The van der Waals surface area contributed by atoms with Gasteiger partial charge in [-0.05, 0) is 43.9 Å². The van der Waals surface area contributed by atoms with Crippen molar-refractivity contribution in [3.8, 4) is 0 Å². The minimum Gasteiger partial charge on any atom is -0.329 e. The Balaban J connectivity index is 1.57. The maximum absolute atomic E-state index is 6.13. The molecule has 3 heteroatoms. The zero-order valence-corrected chi connectivity index (χ0v) is 12.1. The molecule has 18 heavy (non-hydrogen) atoms. The number of piperazine rings is 1. The molecular formula is C15H29N3. The molecule has 2 N–H and O–H groups in total. The lowest BCUT2D eigenvalue weighted by atomic mass is 9.81. The average Bonchev–Trinajstić information content (AvgIpc) is 3.28. The molecule has 0 aromatic rings. The van der Waals surface area contributed by atoms with Gasteiger partial charge in [-0.1, -0.05) is 6.92 Å². The molecule has 2 saturated carbocycles. The molecule has 0 aromatic carbocycles. The Bertz CT molecular complexity index is 301. The third kappa shape index (κ3) is 2.21. The Morgan fingerprint density at radius 3 is 2.22 bits per heavy atom. The van der Waals surface area contributed by atoms with E-state index in [2.05, 4.69) is 23.6 Å². The van der Waals surface area contributed by atoms with Crippen molar-refractivity contribution < 1.29 is 0 Å². The van der Waals surface area contributed by atoms with Gasteiger partial charge < -0.3 is 10.6 Å². The first kappa shape index (κ1) is 12.9. The molecular weight excluding hydrogens is 222 g/mol. The third-order valence-corrected chi connectivity index (χ3v) is 5.98. The van der Waals surface area contributed by atoms with Crippen LogP contribution in [0, 0.1) is 11.3 Å². The van der Waals surface area contributed by atoms with Crippen LogP contribution in [0.1, 0.15) is 39.5 Å². The van der Waals surface area contributed by atoms with E-state index in [0.29, 0.717) is 5.41 Å². The smallest absolute Gasteiger partial charge is 0.0358 e. The molecule has 3 aliphatic rings. The van der Waals surface area contributed by atoms with E-state index in [0.717, 1.165) is 12.5 Å². The van der Waals surface area contributed by atoms with Gasteiger partial charge in [0.05, 0.1) is 0 Å². The minimum atomic E-state index is 0.235. The van der Waals surface area contributed by atoms with Crippen LogP contribution < -0.4 is 5.73 Å². The molecule has 0 radical (unpaired) electrons. The van der Waals surface area contributed by atoms with E-state index in [9.17, 15) is 0 Å². The largest absolute Gasteiger partial charge is 0.329 e. The highest BCUT2D eigenvalue weighted by Crippen LogP contribution is 2.55. The third-order valence-electron chi connectivity index (χ3n) is 5.98. The van der Waals surface area contributed by atoms with Crippen LogP contribution in [0.3, 0.4) is 0 Å². The van der Waals surface area contributed by atoms with Crippen molar-refractivity contribution in [3.05, 3.63) is 0 Å². The molecule has 0 bridgehead atoms. The second kappa shape index (κ2) is 4.46. The van der Waals surface area contributed by atoms with Crippen LogP contribution in [0.15, 0.2) is 0 Å². The quantitative estimate of drug-likeness (QED) is 0.804. The van der Waals surface area contributed by atoms with Gasteiger partial charge in [0.15, 0.2) is 0 Å². The number of hydrogen-bond donors (Lipinski definition) is 1. The van der Waals surface area contributed by atoms with Gasteiger partial charge in [-0.3, -0.25) is 4.90 Å². The first-order valence-electron chi connectivity index (χ1n) is 7.75. The molecule has 1 aliphatic heterocycles. The number of hydrogen-bond acceptors (Lipinski definition) is 3. The summed E-state index contributed by atoms with van der Waals surface area (Å²) >= 11 is 0. The molecule has 2 aliphatic carbocycles. The van der Waals surface area contributed by atoms with Crippen molar-refractivity contribution in [2.24, 2.45) is 17.1 Å². The lowest BCUT2D eigenvalue weighted by Gasteiger charge is -2.49. The summed E-state index contributed by atoms with van der Waals surface area (Å²) in [6.45, 7) is 11.9. The summed E-state index contributed by atoms with van der Waals surface area (Å²) in [4.78, 5) is 5.35. The maximum Gasteiger partial charge on any atom is 0.0358 e. The van der Waals surface area contributed by atoms with E-state index in [4.69, 9.17) is 5.73 Å². The fraction of sp³-hybridized carbons (Fsp3) is 1.00. The van der Waals surface area contributed by atoms with Crippen LogP contribution in [-0.4, -0.2) is 54.6 Å². The Morgan fingerprint density at radius 2 is 1.78 bits per heavy atom. The molecule has 0 spiro atoms. The van der Waals surface area contributed by atoms with Crippen molar-refractivity contribution in [1.29, 1.82) is 0 Å². The Kier molecular flexibility index (Phi) is 3.20. The predicted molar refractivity (Wildman–Crippen MR) is 75.5 cm³/mol. The first-order valence-corrected chi connectivity index (χ1v) is 7.75. The normalized spacial score (nSPS) is 32.2. The fourth-order valence-electron chi connectivity index (χ4n) is 3.57. The summed E-state index contributed by atoms with van der Waals surface area (Å²) in [6.07, 6.45) is 5.67. The second-order valence-corrected chi connectivity index (χ2v) is 7.27. The SMILES string of the molecule is CC1(C(C)(CN)N2CCN(CC3CC3)CC2)CC1. The van der Waals surface area contributed by atoms with Crippen LogP contribution in [0.5, 0.6) is 0 Å². The van der Waals surface area contributed by atoms with Crippen molar-refractivity contribution in [1.82, 2.24) is 9.80 Å². The van der Waals surface area contributed by atoms with Gasteiger partial charge in [0.25, 0.3) is 0 Å². The lowest BCUT2D eigenvalue weighted by molar-refractivity contribution is 0.00453. The van der Waals surface area contributed by atoms with Gasteiger partial charge in [0, 0.05) is 44.8 Å². The molecule has 1 unspecified atom stereocenters. The topological polar surface area (TPSA) is 32.5 Å². The molecule has 3 rings (SSSR count). The van der Waals surface area contributed by atoms with Gasteiger partial charge in [-0.15, -0.1) is 0 Å². The van der Waals surface area contributed by atoms with E-state index >= 15 is 0 Å². The Labute approximate surface area is 112 Å². The number of nitrogens with two attached hydrogens (primary N) is 1. The molecule has 0 aromatic heterocycles. The predicted octanol–water partition coefficient (Wildman–Crippen LogP) is 1.53. The van der Waals surface area contributed by atoms with Gasteiger partial charge >= 0.3 is 0 Å². The second-order valence-electron chi connectivity index (χ2n) is 7.27. The van der Waals surface area contributed by atoms with Crippen LogP contribution in [0.4, 0.5) is 0 Å². The Hall–Kier alpha value is -0.120. The van der Waals surface area contributed by atoms with E-state index in [1.165, 1.54) is 58.4 Å². The number of rotatable bonds is 5. The molecule has 1 saturated heterocycles. The van der Waals surface area contributed by atoms with Crippen molar-refractivity contribution in [2.45, 2.75) is 45.1 Å². The van der Waals surface area contributed by atoms with E-state index < -0.39 is 0 Å². The monoisotopic (exact) mass is 251 g/mol. The maximum atomic E-state index is 6.13. The van der Waals surface area contributed by atoms with Gasteiger partial charge in [-0.2, -0.15) is 0 Å². The van der Waals surface area contributed by atoms with Gasteiger partial charge in [0.2, 0.25) is 0 Å². The van der Waals surface area contributed by atoms with Crippen LogP contribution >= 0.6 is 0 Å². The lowest BCUT2D eigenvalue weighted by Crippen LogP contribution is -2.62. The summed E-state index contributed by atoms with van der Waals surface area (Å²) in [6, 6.07) is 0. The summed E-state index contributed by atoms with van der Waals surface area (Å²) in [5.41, 5.74) is 6.86. The summed E-state index contributed by atoms with van der Waals surface area (Å²) in [5.74, 6) is 1.03. The molecule has 3 nitrogen and oxygen atoms in total. The molecule has 3 fully saturated rings. The van der Waals surface area contributed by atoms with Gasteiger partial charge in [-0.25, -0.2) is 0 Å². The fourth-order valence-corrected chi connectivity index (χ4v) is 3.57. The summed E-state index contributed by atoms with van der Waals surface area (Å²) < 4.78 is 0. The van der Waals surface area contributed by atoms with Crippen LogP contribution in [-0.2, 0) is 0 Å². The van der Waals surface area contributed by atoms with E-state index in [-0.39, 0.29) is 5.54 Å². The van der Waals surface area contributed by atoms with E-state index in [1.807, 2.05) is 0 Å². The summed E-state index contributed by atoms with van der Waals surface area (Å²) in [7, 11) is 0. The van der Waals surface area contributed by atoms with Crippen molar-refractivity contribution >= 4 is 0 Å². The molecule has 104 valence electrons. The van der Waals surface area contributed by atoms with Crippen molar-refractivity contribution in [2.75, 3.05) is 39.3 Å². The van der Waals surface area contributed by atoms with Crippen molar-refractivity contribution in [3.63, 3.8) is 0 Å². The molecule has 0 amide bonds. The Morgan fingerprint density at radius 1 is 1.17 bits per heavy atom. The standard InChI is InChI=1S/C15H29N3/c1-14(5-6-14)15(2,12-16)18-9-7-17(8-10-18)11-13-3-4-13/h13H,3-12,16H2,1-2H3. The number of nitrogens with zero attached hydrogens (tertiary/aromatic N) is 2. The zero-order valence-electron chi connectivity index (χ0n) is 12.1. The highest BCUT2D eigenvalue weighted by Gasteiger charge is 2.55. The molecule has 1 atom stereocenters. The zero-order chi connectivity index (χ0) is 12.8. The summed E-state index contributed by atoms with van der Waals surface area (Å²) in [5, 5.41) is 0. The van der Waals surface area contributed by atoms with Gasteiger partial charge in [0.1, 0.15) is 0 Å². The van der Waals surface area contributed by atoms with Crippen LogP contribution in [0.2, 0.25) is 0 Å². The average molecular weight is 251 g/mol. The minimum absolute atomic E-state index is 0.235. The highest BCUT2D eigenvalue weighted by molar-refractivity contribution is 5.10. The van der Waals surface area contributed by atoms with Crippen LogP contribution in [0.25, 0.3) is 0 Å². The molecule has 1 heterocycles. The first-order chi connectivity index (χ1) is 8.57. The van der Waals surface area contributed by atoms with E-state index in [1.54, 1.807) is 0 Å². The highest BCUT2D eigenvalue weighted by atomic mass is 15.3.